The van der Waals surface area contributed by atoms with Crippen LogP contribution in [0.25, 0.3) is 0 Å². The third kappa shape index (κ3) is 2.63. The second-order valence-electron chi connectivity index (χ2n) is 4.30. The molecule has 2 rings (SSSR count). The summed E-state index contributed by atoms with van der Waals surface area (Å²) in [6.45, 7) is 6.85. The Morgan fingerprint density at radius 2 is 2.29 bits per heavy atom. The second kappa shape index (κ2) is 4.83. The van der Waals surface area contributed by atoms with Crippen LogP contribution in [-0.2, 0) is 13.0 Å². The van der Waals surface area contributed by atoms with E-state index in [1.54, 1.807) is 6.92 Å². The molecule has 17 heavy (non-hydrogen) atoms. The van der Waals surface area contributed by atoms with Crippen molar-refractivity contribution < 1.29 is 4.52 Å². The van der Waals surface area contributed by atoms with Gasteiger partial charge in [-0.3, -0.25) is 0 Å². The van der Waals surface area contributed by atoms with Crippen LogP contribution in [0.3, 0.4) is 0 Å². The molecule has 0 aliphatic carbocycles. The summed E-state index contributed by atoms with van der Waals surface area (Å²) in [5.74, 6) is 1.76. The van der Waals surface area contributed by atoms with Gasteiger partial charge in [0.25, 0.3) is 0 Å². The maximum Gasteiger partial charge on any atom is 0.223 e. The van der Waals surface area contributed by atoms with Gasteiger partial charge in [0, 0.05) is 31.8 Å². The summed E-state index contributed by atoms with van der Waals surface area (Å²) in [6, 6.07) is 0. The van der Waals surface area contributed by atoms with Gasteiger partial charge in [-0.15, -0.1) is 0 Å². The van der Waals surface area contributed by atoms with Crippen molar-refractivity contribution in [1.82, 2.24) is 19.7 Å². The second-order valence-corrected chi connectivity index (χ2v) is 4.69. The molecule has 2 aromatic rings. The minimum absolute atomic E-state index is 0.440. The number of nitrogens with zero attached hydrogens (tertiary/aromatic N) is 3. The standard InChI is InChI=1S/C11H16N4OS/c1-7(2)9-6-12-11(17)15(9)5-4-10-13-8(3)16-14-10/h6-7H,4-5H2,1-3H3,(H,12,17). The molecule has 0 spiro atoms. The van der Waals surface area contributed by atoms with Crippen LogP contribution in [0.2, 0.25) is 0 Å². The first-order chi connectivity index (χ1) is 8.08. The summed E-state index contributed by atoms with van der Waals surface area (Å²) < 4.78 is 7.77. The van der Waals surface area contributed by atoms with Crippen molar-refractivity contribution in [3.8, 4) is 0 Å². The third-order valence-corrected chi connectivity index (χ3v) is 2.96. The van der Waals surface area contributed by atoms with Crippen LogP contribution in [0.15, 0.2) is 10.7 Å². The number of hydrogen-bond donors (Lipinski definition) is 1. The van der Waals surface area contributed by atoms with Gasteiger partial charge in [0.05, 0.1) is 0 Å². The highest BCUT2D eigenvalue weighted by Gasteiger charge is 2.09. The zero-order valence-corrected chi connectivity index (χ0v) is 11.0. The van der Waals surface area contributed by atoms with Crippen LogP contribution in [0.1, 0.15) is 37.2 Å². The van der Waals surface area contributed by atoms with Gasteiger partial charge in [0.2, 0.25) is 5.89 Å². The quantitative estimate of drug-likeness (QED) is 0.850. The Labute approximate surface area is 105 Å². The molecule has 0 aromatic carbocycles. The molecule has 2 aromatic heterocycles. The van der Waals surface area contributed by atoms with E-state index in [9.17, 15) is 0 Å². The Balaban J connectivity index is 2.13. The van der Waals surface area contributed by atoms with Crippen molar-refractivity contribution in [2.45, 2.75) is 39.7 Å². The fraction of sp³-hybridized carbons (Fsp3) is 0.545. The lowest BCUT2D eigenvalue weighted by molar-refractivity contribution is 0.386. The van der Waals surface area contributed by atoms with Gasteiger partial charge in [0.15, 0.2) is 10.6 Å². The lowest BCUT2D eigenvalue weighted by Crippen LogP contribution is -2.07. The molecule has 0 aliphatic heterocycles. The highest BCUT2D eigenvalue weighted by Crippen LogP contribution is 2.15. The van der Waals surface area contributed by atoms with Gasteiger partial charge in [-0.1, -0.05) is 19.0 Å². The van der Waals surface area contributed by atoms with Gasteiger partial charge in [-0.2, -0.15) is 4.98 Å². The molecular formula is C11H16N4OS. The number of aryl methyl sites for hydroxylation is 2. The highest BCUT2D eigenvalue weighted by atomic mass is 32.1. The molecule has 5 nitrogen and oxygen atoms in total. The molecule has 0 amide bonds. The molecule has 0 atom stereocenters. The summed E-state index contributed by atoms with van der Waals surface area (Å²) in [6.07, 6.45) is 2.69. The summed E-state index contributed by atoms with van der Waals surface area (Å²) >= 11 is 5.26. The van der Waals surface area contributed by atoms with Gasteiger partial charge >= 0.3 is 0 Å². The number of H-pyrrole nitrogens is 1. The fourth-order valence-corrected chi connectivity index (χ4v) is 2.03. The summed E-state index contributed by atoms with van der Waals surface area (Å²) in [7, 11) is 0. The largest absolute Gasteiger partial charge is 0.340 e. The maximum atomic E-state index is 5.26. The average Bonchev–Trinajstić information content (AvgIpc) is 2.82. The van der Waals surface area contributed by atoms with Crippen LogP contribution in [-0.4, -0.2) is 19.7 Å². The Hall–Kier alpha value is -1.43. The maximum absolute atomic E-state index is 5.26. The average molecular weight is 252 g/mol. The van der Waals surface area contributed by atoms with Crippen LogP contribution in [0, 0.1) is 11.7 Å². The normalized spacial score (nSPS) is 11.3. The molecule has 0 unspecified atom stereocenters. The molecule has 0 saturated heterocycles. The van der Waals surface area contributed by atoms with Crippen LogP contribution >= 0.6 is 12.2 Å². The Bertz CT molecular complexity index is 552. The minimum atomic E-state index is 0.440. The Kier molecular flexibility index (Phi) is 3.42. The summed E-state index contributed by atoms with van der Waals surface area (Å²) in [5.41, 5.74) is 1.20. The first-order valence-corrected chi connectivity index (χ1v) is 6.06. The van der Waals surface area contributed by atoms with E-state index in [1.165, 1.54) is 5.69 Å². The predicted octanol–water partition coefficient (Wildman–Crippen LogP) is 2.60. The molecule has 2 heterocycles. The van der Waals surface area contributed by atoms with Crippen LogP contribution in [0.4, 0.5) is 0 Å². The van der Waals surface area contributed by atoms with E-state index in [0.29, 0.717) is 11.8 Å². The van der Waals surface area contributed by atoms with Gasteiger partial charge in [-0.25, -0.2) is 0 Å². The molecule has 0 radical (unpaired) electrons. The van der Waals surface area contributed by atoms with Crippen molar-refractivity contribution in [2.75, 3.05) is 0 Å². The fourth-order valence-electron chi connectivity index (χ4n) is 1.77. The Morgan fingerprint density at radius 1 is 1.53 bits per heavy atom. The zero-order chi connectivity index (χ0) is 12.4. The van der Waals surface area contributed by atoms with Crippen molar-refractivity contribution in [3.05, 3.63) is 28.4 Å². The topological polar surface area (TPSA) is 59.6 Å². The van der Waals surface area contributed by atoms with Gasteiger partial charge in [0.1, 0.15) is 0 Å². The van der Waals surface area contributed by atoms with Gasteiger partial charge < -0.3 is 14.1 Å². The molecule has 0 aliphatic rings. The smallest absolute Gasteiger partial charge is 0.223 e. The minimum Gasteiger partial charge on any atom is -0.340 e. The molecule has 0 fully saturated rings. The van der Waals surface area contributed by atoms with E-state index in [0.717, 1.165) is 23.6 Å². The number of aromatic nitrogens is 4. The number of nitrogens with one attached hydrogen (secondary N) is 1. The predicted molar refractivity (Wildman–Crippen MR) is 66.4 cm³/mol. The van der Waals surface area contributed by atoms with Crippen molar-refractivity contribution in [2.24, 2.45) is 0 Å². The summed E-state index contributed by atoms with van der Waals surface area (Å²) in [5, 5.41) is 3.88. The van der Waals surface area contributed by atoms with Crippen molar-refractivity contribution >= 4 is 12.2 Å². The third-order valence-electron chi connectivity index (χ3n) is 2.62. The number of rotatable bonds is 4. The van der Waals surface area contributed by atoms with Gasteiger partial charge in [-0.05, 0) is 18.1 Å². The van der Waals surface area contributed by atoms with E-state index in [-0.39, 0.29) is 0 Å². The highest BCUT2D eigenvalue weighted by molar-refractivity contribution is 7.71. The number of hydrogen-bond acceptors (Lipinski definition) is 4. The molecular weight excluding hydrogens is 236 g/mol. The molecule has 0 saturated carbocycles. The Morgan fingerprint density at radius 3 is 2.88 bits per heavy atom. The van der Waals surface area contributed by atoms with E-state index in [2.05, 4.69) is 33.5 Å². The molecule has 92 valence electrons. The zero-order valence-electron chi connectivity index (χ0n) is 10.2. The van der Waals surface area contributed by atoms with E-state index in [4.69, 9.17) is 16.7 Å². The SMILES string of the molecule is Cc1nc(CCn2c(C(C)C)c[nH]c2=S)no1. The lowest BCUT2D eigenvalue weighted by Gasteiger charge is -2.09. The number of aromatic amines is 1. The van der Waals surface area contributed by atoms with E-state index < -0.39 is 0 Å². The summed E-state index contributed by atoms with van der Waals surface area (Å²) in [4.78, 5) is 7.25. The van der Waals surface area contributed by atoms with E-state index >= 15 is 0 Å². The monoisotopic (exact) mass is 252 g/mol. The lowest BCUT2D eigenvalue weighted by atomic mass is 10.1. The first-order valence-electron chi connectivity index (χ1n) is 5.65. The van der Waals surface area contributed by atoms with E-state index in [1.807, 2.05) is 6.20 Å². The van der Waals surface area contributed by atoms with Crippen LogP contribution < -0.4 is 0 Å². The molecule has 0 bridgehead atoms. The number of imidazole rings is 1. The van der Waals surface area contributed by atoms with Crippen LogP contribution in [0.5, 0.6) is 0 Å². The van der Waals surface area contributed by atoms with Crippen molar-refractivity contribution in [1.29, 1.82) is 0 Å². The van der Waals surface area contributed by atoms with Crippen molar-refractivity contribution in [3.63, 3.8) is 0 Å². The molecule has 6 heteroatoms. The molecule has 1 N–H and O–H groups in total. The first kappa shape index (κ1) is 12.0.